The number of piperidine rings is 1. The summed E-state index contributed by atoms with van der Waals surface area (Å²) in [6, 6.07) is 0.0606. The van der Waals surface area contributed by atoms with Crippen LogP contribution in [0, 0.1) is 5.41 Å². The standard InChI is InChI=1S/C21H26N8O4/c1-14-8-21(20(31)29(14)15-7-19(30)33-12-15)3-5-27(6-4-21)11-17(32-2)16-9-23-18(10-22-16)28-13-24-25-26-28/h7,9-10,13-14,17H,3-6,8,11-12H2,1-2H3/t14-,17?/m1/s1. The fourth-order valence-corrected chi connectivity index (χ4v) is 5.10. The number of hydrogen-bond acceptors (Lipinski definition) is 10. The number of amides is 1. The maximum absolute atomic E-state index is 13.4. The summed E-state index contributed by atoms with van der Waals surface area (Å²) in [6.07, 6.45) is 8.29. The molecule has 1 unspecified atom stereocenters. The van der Waals surface area contributed by atoms with Crippen LogP contribution in [0.4, 0.5) is 0 Å². The van der Waals surface area contributed by atoms with E-state index >= 15 is 0 Å². The predicted octanol–water partition coefficient (Wildman–Crippen LogP) is 0.284. The van der Waals surface area contributed by atoms with Crippen molar-refractivity contribution in [1.29, 1.82) is 0 Å². The number of esters is 1. The van der Waals surface area contributed by atoms with E-state index in [1.807, 2.05) is 6.92 Å². The molecule has 0 N–H and O–H groups in total. The Hall–Kier alpha value is -3.25. The maximum Gasteiger partial charge on any atom is 0.333 e. The summed E-state index contributed by atoms with van der Waals surface area (Å²) >= 11 is 0. The predicted molar refractivity (Wildman–Crippen MR) is 113 cm³/mol. The van der Waals surface area contributed by atoms with Crippen LogP contribution in [0.25, 0.3) is 5.82 Å². The van der Waals surface area contributed by atoms with Gasteiger partial charge < -0.3 is 19.3 Å². The van der Waals surface area contributed by atoms with Crippen molar-refractivity contribution >= 4 is 11.9 Å². The van der Waals surface area contributed by atoms with Crippen molar-refractivity contribution in [3.05, 3.63) is 36.2 Å². The summed E-state index contributed by atoms with van der Waals surface area (Å²) in [7, 11) is 1.66. The molecule has 174 valence electrons. The van der Waals surface area contributed by atoms with Gasteiger partial charge in [0, 0.05) is 25.8 Å². The first-order chi connectivity index (χ1) is 16.0. The Balaban J connectivity index is 1.21. The zero-order valence-electron chi connectivity index (χ0n) is 18.6. The lowest BCUT2D eigenvalue weighted by molar-refractivity contribution is -0.139. The van der Waals surface area contributed by atoms with Gasteiger partial charge in [-0.05, 0) is 49.7 Å². The largest absolute Gasteiger partial charge is 0.456 e. The molecule has 0 radical (unpaired) electrons. The van der Waals surface area contributed by atoms with Crippen LogP contribution in [0.15, 0.2) is 30.5 Å². The molecular formula is C21H26N8O4. The molecule has 2 aromatic heterocycles. The average Bonchev–Trinajstić information content (AvgIpc) is 3.55. The van der Waals surface area contributed by atoms with Gasteiger partial charge in [0.2, 0.25) is 5.91 Å². The van der Waals surface area contributed by atoms with E-state index in [2.05, 4.69) is 30.4 Å². The molecular weight excluding hydrogens is 428 g/mol. The zero-order chi connectivity index (χ0) is 23.0. The number of methoxy groups -OCH3 is 1. The summed E-state index contributed by atoms with van der Waals surface area (Å²) in [6.45, 7) is 4.46. The van der Waals surface area contributed by atoms with Gasteiger partial charge in [-0.25, -0.2) is 9.78 Å². The molecule has 5 heterocycles. The molecule has 33 heavy (non-hydrogen) atoms. The molecule has 12 nitrogen and oxygen atoms in total. The van der Waals surface area contributed by atoms with Crippen molar-refractivity contribution in [2.24, 2.45) is 5.41 Å². The summed E-state index contributed by atoms with van der Waals surface area (Å²) in [4.78, 5) is 37.8. The molecule has 1 amide bonds. The molecule has 2 atom stereocenters. The van der Waals surface area contributed by atoms with Gasteiger partial charge in [0.15, 0.2) is 5.82 Å². The first-order valence-corrected chi connectivity index (χ1v) is 11.0. The number of likely N-dealkylation sites (tertiary alicyclic amines) is 2. The lowest BCUT2D eigenvalue weighted by Gasteiger charge is -2.39. The number of rotatable bonds is 6. The van der Waals surface area contributed by atoms with E-state index in [0.717, 1.165) is 38.0 Å². The zero-order valence-corrected chi connectivity index (χ0v) is 18.6. The second kappa shape index (κ2) is 8.60. The van der Waals surface area contributed by atoms with E-state index in [1.54, 1.807) is 24.4 Å². The molecule has 5 rings (SSSR count). The van der Waals surface area contributed by atoms with Crippen molar-refractivity contribution in [2.75, 3.05) is 33.4 Å². The van der Waals surface area contributed by atoms with Crippen LogP contribution >= 0.6 is 0 Å². The molecule has 12 heteroatoms. The van der Waals surface area contributed by atoms with Gasteiger partial charge in [0.05, 0.1) is 29.2 Å². The molecule has 0 aromatic carbocycles. The van der Waals surface area contributed by atoms with Gasteiger partial charge in [0.1, 0.15) is 19.0 Å². The Morgan fingerprint density at radius 3 is 2.67 bits per heavy atom. The Labute approximate surface area is 190 Å². The Kier molecular flexibility index (Phi) is 5.62. The number of carbonyl (C=O) groups is 2. The second-order valence-corrected chi connectivity index (χ2v) is 8.83. The molecule has 2 fully saturated rings. The molecule has 2 aromatic rings. The molecule has 0 aliphatic carbocycles. The first kappa shape index (κ1) is 21.6. The van der Waals surface area contributed by atoms with Gasteiger partial charge in [0.25, 0.3) is 0 Å². The lowest BCUT2D eigenvalue weighted by atomic mass is 9.76. The topological polar surface area (TPSA) is 128 Å². The SMILES string of the molecule is COC(CN1CCC2(CC1)C[C@@H](C)N(C1=CC(=O)OC1)C2=O)c1cnc(-n2cnnn2)cn1. The van der Waals surface area contributed by atoms with Gasteiger partial charge >= 0.3 is 5.97 Å². The normalized spacial score (nSPS) is 23.8. The fraction of sp³-hybridized carbons (Fsp3) is 0.571. The van der Waals surface area contributed by atoms with Gasteiger partial charge in [-0.1, -0.05) is 0 Å². The third-order valence-corrected chi connectivity index (χ3v) is 6.85. The minimum atomic E-state index is -0.377. The number of tetrazole rings is 1. The molecule has 3 aliphatic heterocycles. The van der Waals surface area contributed by atoms with E-state index in [1.165, 1.54) is 17.1 Å². The molecule has 1 spiro atoms. The third-order valence-electron chi connectivity index (χ3n) is 6.85. The fourth-order valence-electron chi connectivity index (χ4n) is 5.10. The molecule has 3 aliphatic rings. The van der Waals surface area contributed by atoms with Gasteiger partial charge in [-0.2, -0.15) is 4.68 Å². The second-order valence-electron chi connectivity index (χ2n) is 8.83. The van der Waals surface area contributed by atoms with Gasteiger partial charge in [-0.15, -0.1) is 5.10 Å². The van der Waals surface area contributed by atoms with Crippen LogP contribution in [0.2, 0.25) is 0 Å². The van der Waals surface area contributed by atoms with Crippen LogP contribution in [0.5, 0.6) is 0 Å². The Morgan fingerprint density at radius 2 is 2.06 bits per heavy atom. The van der Waals surface area contributed by atoms with Crippen molar-refractivity contribution in [3.63, 3.8) is 0 Å². The van der Waals surface area contributed by atoms with Crippen LogP contribution in [0.1, 0.15) is 38.0 Å². The van der Waals surface area contributed by atoms with Crippen LogP contribution in [-0.2, 0) is 19.1 Å². The maximum atomic E-state index is 13.4. The van der Waals surface area contributed by atoms with Crippen LogP contribution < -0.4 is 0 Å². The number of cyclic esters (lactones) is 1. The summed E-state index contributed by atoms with van der Waals surface area (Å²) in [5, 5.41) is 11.0. The number of hydrogen-bond donors (Lipinski definition) is 0. The quantitative estimate of drug-likeness (QED) is 0.561. The highest BCUT2D eigenvalue weighted by Gasteiger charge is 2.52. The first-order valence-electron chi connectivity index (χ1n) is 11.0. The van der Waals surface area contributed by atoms with Crippen molar-refractivity contribution in [2.45, 2.75) is 38.3 Å². The summed E-state index contributed by atoms with van der Waals surface area (Å²) in [5.74, 6) is 0.272. The van der Waals surface area contributed by atoms with E-state index < -0.39 is 0 Å². The Morgan fingerprint density at radius 1 is 1.24 bits per heavy atom. The monoisotopic (exact) mass is 454 g/mol. The minimum absolute atomic E-state index is 0.0606. The van der Waals surface area contributed by atoms with E-state index in [-0.39, 0.29) is 36.0 Å². The van der Waals surface area contributed by atoms with Crippen molar-refractivity contribution in [3.8, 4) is 5.82 Å². The lowest BCUT2D eigenvalue weighted by Crippen LogP contribution is -2.45. The van der Waals surface area contributed by atoms with E-state index in [0.29, 0.717) is 18.1 Å². The van der Waals surface area contributed by atoms with Crippen LogP contribution in [0.3, 0.4) is 0 Å². The van der Waals surface area contributed by atoms with Gasteiger partial charge in [-0.3, -0.25) is 9.78 Å². The highest BCUT2D eigenvalue weighted by Crippen LogP contribution is 2.46. The Bertz CT molecular complexity index is 1050. The highest BCUT2D eigenvalue weighted by atomic mass is 16.5. The van der Waals surface area contributed by atoms with Crippen molar-refractivity contribution in [1.82, 2.24) is 40.0 Å². The van der Waals surface area contributed by atoms with Crippen molar-refractivity contribution < 1.29 is 19.1 Å². The summed E-state index contributed by atoms with van der Waals surface area (Å²) < 4.78 is 12.2. The van der Waals surface area contributed by atoms with E-state index in [9.17, 15) is 9.59 Å². The summed E-state index contributed by atoms with van der Waals surface area (Å²) in [5.41, 5.74) is 1.03. The number of carbonyl (C=O) groups excluding carboxylic acids is 2. The third kappa shape index (κ3) is 4.00. The van der Waals surface area contributed by atoms with Crippen LogP contribution in [-0.4, -0.2) is 91.2 Å². The molecule has 0 bridgehead atoms. The molecule has 0 saturated carbocycles. The number of ether oxygens (including phenoxy) is 2. The molecule has 2 saturated heterocycles. The smallest absolute Gasteiger partial charge is 0.333 e. The van der Waals surface area contributed by atoms with E-state index in [4.69, 9.17) is 9.47 Å². The average molecular weight is 454 g/mol. The minimum Gasteiger partial charge on any atom is -0.456 e. The highest BCUT2D eigenvalue weighted by molar-refractivity contribution is 5.91. The number of nitrogens with zero attached hydrogens (tertiary/aromatic N) is 8. The number of aromatic nitrogens is 6.